The second kappa shape index (κ2) is 6.93. The van der Waals surface area contributed by atoms with Crippen LogP contribution in [0.25, 0.3) is 0 Å². The molecule has 0 aromatic heterocycles. The number of benzene rings is 1. The van der Waals surface area contributed by atoms with Crippen LogP contribution in [0.1, 0.15) is 18.9 Å². The SMILES string of the molecule is CC1(CN)CCN(C(=O)CNS(=O)(=O)c2cccc(C(F)(F)F)c2)C1. The average Bonchev–Trinajstić information content (AvgIpc) is 2.95. The molecule has 2 rings (SSSR count). The lowest BCUT2D eigenvalue weighted by molar-refractivity contribution is -0.137. The summed E-state index contributed by atoms with van der Waals surface area (Å²) in [5.74, 6) is -0.437. The highest BCUT2D eigenvalue weighted by Crippen LogP contribution is 2.30. The second-order valence-corrected chi connectivity index (χ2v) is 8.20. The fraction of sp³-hybridized carbons (Fsp3) is 0.533. The molecule has 140 valence electrons. The van der Waals surface area contributed by atoms with Crippen LogP contribution in [-0.2, 0) is 21.0 Å². The number of nitrogens with zero attached hydrogens (tertiary/aromatic N) is 1. The Balaban J connectivity index is 2.04. The summed E-state index contributed by atoms with van der Waals surface area (Å²) >= 11 is 0. The van der Waals surface area contributed by atoms with Crippen molar-refractivity contribution in [3.05, 3.63) is 29.8 Å². The fourth-order valence-electron chi connectivity index (χ4n) is 2.59. The highest BCUT2D eigenvalue weighted by atomic mass is 32.2. The number of carbonyl (C=O) groups is 1. The molecule has 1 heterocycles. The van der Waals surface area contributed by atoms with Crippen molar-refractivity contribution in [3.8, 4) is 0 Å². The largest absolute Gasteiger partial charge is 0.416 e. The van der Waals surface area contributed by atoms with Crippen LogP contribution in [-0.4, -0.2) is 45.4 Å². The van der Waals surface area contributed by atoms with Gasteiger partial charge < -0.3 is 10.6 Å². The van der Waals surface area contributed by atoms with E-state index in [1.807, 2.05) is 6.92 Å². The number of alkyl halides is 3. The van der Waals surface area contributed by atoms with Crippen molar-refractivity contribution in [1.82, 2.24) is 9.62 Å². The number of nitrogens with one attached hydrogen (secondary N) is 1. The monoisotopic (exact) mass is 379 g/mol. The normalized spacial score (nSPS) is 21.6. The molecule has 3 N–H and O–H groups in total. The number of sulfonamides is 1. The number of likely N-dealkylation sites (tertiary alicyclic amines) is 1. The number of amides is 1. The van der Waals surface area contributed by atoms with Crippen molar-refractivity contribution in [2.45, 2.75) is 24.4 Å². The van der Waals surface area contributed by atoms with Crippen molar-refractivity contribution in [1.29, 1.82) is 0 Å². The van der Waals surface area contributed by atoms with Gasteiger partial charge in [0.2, 0.25) is 15.9 Å². The van der Waals surface area contributed by atoms with Crippen LogP contribution in [0.15, 0.2) is 29.2 Å². The predicted octanol–water partition coefficient (Wildman–Crippen LogP) is 1.18. The van der Waals surface area contributed by atoms with Gasteiger partial charge >= 0.3 is 6.18 Å². The molecule has 1 atom stereocenters. The summed E-state index contributed by atoms with van der Waals surface area (Å²) < 4.78 is 64.4. The molecule has 0 spiro atoms. The molecule has 10 heteroatoms. The summed E-state index contributed by atoms with van der Waals surface area (Å²) in [4.78, 5) is 13.1. The summed E-state index contributed by atoms with van der Waals surface area (Å²) in [5, 5.41) is 0. The van der Waals surface area contributed by atoms with E-state index in [1.54, 1.807) is 0 Å². The van der Waals surface area contributed by atoms with Crippen LogP contribution in [0, 0.1) is 5.41 Å². The zero-order valence-electron chi connectivity index (χ0n) is 13.6. The molecule has 6 nitrogen and oxygen atoms in total. The maximum absolute atomic E-state index is 12.7. The molecule has 0 saturated carbocycles. The Hall–Kier alpha value is -1.65. The van der Waals surface area contributed by atoms with Crippen LogP contribution >= 0.6 is 0 Å². The van der Waals surface area contributed by atoms with Gasteiger partial charge in [-0.15, -0.1) is 0 Å². The zero-order valence-corrected chi connectivity index (χ0v) is 14.5. The molecule has 0 bridgehead atoms. The van der Waals surface area contributed by atoms with E-state index in [1.165, 1.54) is 4.90 Å². The molecule has 1 aromatic rings. The molecular formula is C15H20F3N3O3S. The smallest absolute Gasteiger partial charge is 0.341 e. The van der Waals surface area contributed by atoms with Crippen molar-refractivity contribution >= 4 is 15.9 Å². The van der Waals surface area contributed by atoms with Gasteiger partial charge in [0.05, 0.1) is 17.0 Å². The predicted molar refractivity (Wildman–Crippen MR) is 85.0 cm³/mol. The van der Waals surface area contributed by atoms with Crippen LogP contribution in [0.5, 0.6) is 0 Å². The van der Waals surface area contributed by atoms with Crippen LogP contribution < -0.4 is 10.5 Å². The first-order valence-corrected chi connectivity index (χ1v) is 9.10. The van der Waals surface area contributed by atoms with Gasteiger partial charge in [-0.25, -0.2) is 13.1 Å². The summed E-state index contributed by atoms with van der Waals surface area (Å²) in [6.07, 6.45) is -3.93. The first kappa shape index (κ1) is 19.7. The van der Waals surface area contributed by atoms with E-state index in [2.05, 4.69) is 4.72 Å². The van der Waals surface area contributed by atoms with Gasteiger partial charge in [-0.05, 0) is 36.6 Å². The third kappa shape index (κ3) is 4.71. The van der Waals surface area contributed by atoms with Crippen molar-refractivity contribution in [3.63, 3.8) is 0 Å². The van der Waals surface area contributed by atoms with Gasteiger partial charge in [-0.3, -0.25) is 4.79 Å². The molecule has 1 fully saturated rings. The average molecular weight is 379 g/mol. The number of carbonyl (C=O) groups excluding carboxylic acids is 1. The third-order valence-corrected chi connectivity index (χ3v) is 5.69. The zero-order chi connectivity index (χ0) is 18.9. The maximum atomic E-state index is 12.7. The lowest BCUT2D eigenvalue weighted by Crippen LogP contribution is -2.40. The van der Waals surface area contributed by atoms with E-state index < -0.39 is 39.1 Å². The molecule has 1 aliphatic rings. The topological polar surface area (TPSA) is 92.5 Å². The molecule has 1 aromatic carbocycles. The van der Waals surface area contributed by atoms with Crippen LogP contribution in [0.3, 0.4) is 0 Å². The van der Waals surface area contributed by atoms with E-state index in [0.29, 0.717) is 25.7 Å². The van der Waals surface area contributed by atoms with E-state index in [0.717, 1.165) is 24.6 Å². The molecule has 1 aliphatic heterocycles. The maximum Gasteiger partial charge on any atom is 0.416 e. The van der Waals surface area contributed by atoms with Crippen LogP contribution in [0.2, 0.25) is 0 Å². The van der Waals surface area contributed by atoms with E-state index in [-0.39, 0.29) is 5.41 Å². The Morgan fingerprint density at radius 2 is 2.08 bits per heavy atom. The fourth-order valence-corrected chi connectivity index (χ4v) is 3.61. The van der Waals surface area contributed by atoms with Crippen molar-refractivity contribution < 1.29 is 26.4 Å². The molecule has 1 saturated heterocycles. The minimum absolute atomic E-state index is 0.199. The first-order valence-electron chi connectivity index (χ1n) is 7.62. The van der Waals surface area contributed by atoms with Gasteiger partial charge in [0, 0.05) is 13.1 Å². The number of nitrogens with two attached hydrogens (primary N) is 1. The van der Waals surface area contributed by atoms with Crippen LogP contribution in [0.4, 0.5) is 13.2 Å². The lowest BCUT2D eigenvalue weighted by Gasteiger charge is -2.22. The van der Waals surface area contributed by atoms with Crippen molar-refractivity contribution in [2.75, 3.05) is 26.2 Å². The number of hydrogen-bond acceptors (Lipinski definition) is 4. The lowest BCUT2D eigenvalue weighted by atomic mass is 9.90. The Morgan fingerprint density at radius 3 is 2.64 bits per heavy atom. The second-order valence-electron chi connectivity index (χ2n) is 6.43. The Bertz CT molecular complexity index is 752. The molecule has 0 radical (unpaired) electrons. The quantitative estimate of drug-likeness (QED) is 0.804. The highest BCUT2D eigenvalue weighted by Gasteiger charge is 2.35. The first-order chi connectivity index (χ1) is 11.5. The standard InChI is InChI=1S/C15H20F3N3O3S/c1-14(9-19)5-6-21(10-14)13(22)8-20-25(23,24)12-4-2-3-11(7-12)15(16,17)18/h2-4,7,20H,5-6,8-10,19H2,1H3. The molecule has 1 unspecified atom stereocenters. The number of rotatable bonds is 5. The summed E-state index contributed by atoms with van der Waals surface area (Å²) in [7, 11) is -4.22. The Kier molecular flexibility index (Phi) is 5.45. The number of hydrogen-bond donors (Lipinski definition) is 2. The highest BCUT2D eigenvalue weighted by molar-refractivity contribution is 7.89. The minimum atomic E-state index is -4.65. The molecule has 0 aliphatic carbocycles. The van der Waals surface area contributed by atoms with Gasteiger partial charge in [0.25, 0.3) is 0 Å². The van der Waals surface area contributed by atoms with Crippen molar-refractivity contribution in [2.24, 2.45) is 11.1 Å². The van der Waals surface area contributed by atoms with Gasteiger partial charge in [-0.1, -0.05) is 13.0 Å². The molecular weight excluding hydrogens is 359 g/mol. The summed E-state index contributed by atoms with van der Waals surface area (Å²) in [6.45, 7) is 2.73. The van der Waals surface area contributed by atoms with Gasteiger partial charge in [-0.2, -0.15) is 13.2 Å². The summed E-state index contributed by atoms with van der Waals surface area (Å²) in [5.41, 5.74) is 4.39. The van der Waals surface area contributed by atoms with E-state index >= 15 is 0 Å². The molecule has 25 heavy (non-hydrogen) atoms. The summed E-state index contributed by atoms with van der Waals surface area (Å²) in [6, 6.07) is 3.37. The third-order valence-electron chi connectivity index (χ3n) is 4.29. The van der Waals surface area contributed by atoms with E-state index in [9.17, 15) is 26.4 Å². The Morgan fingerprint density at radius 1 is 1.40 bits per heavy atom. The van der Waals surface area contributed by atoms with Gasteiger partial charge in [0.15, 0.2) is 0 Å². The van der Waals surface area contributed by atoms with E-state index in [4.69, 9.17) is 5.73 Å². The number of halogens is 3. The Labute approximate surface area is 144 Å². The van der Waals surface area contributed by atoms with Gasteiger partial charge in [0.1, 0.15) is 0 Å². The molecule has 1 amide bonds. The minimum Gasteiger partial charge on any atom is -0.341 e.